The summed E-state index contributed by atoms with van der Waals surface area (Å²) >= 11 is 1.68. The first-order valence-electron chi connectivity index (χ1n) is 13.6. The minimum Gasteiger partial charge on any atom is -0.493 e. The zero-order chi connectivity index (χ0) is 27.2. The van der Waals surface area contributed by atoms with Crippen molar-refractivity contribution in [3.8, 4) is 28.4 Å². The van der Waals surface area contributed by atoms with E-state index in [0.29, 0.717) is 41.4 Å². The van der Waals surface area contributed by atoms with Gasteiger partial charge in [-0.2, -0.15) is 0 Å². The first-order valence-corrected chi connectivity index (χ1v) is 14.6. The number of ether oxygens (including phenoxy) is 3. The van der Waals surface area contributed by atoms with Crippen LogP contribution in [0.5, 0.6) is 17.2 Å². The molecule has 0 aromatic heterocycles. The average Bonchev–Trinajstić information content (AvgIpc) is 3.14. The lowest BCUT2D eigenvalue weighted by Crippen LogP contribution is -2.52. The van der Waals surface area contributed by atoms with Crippen LogP contribution in [-0.2, 0) is 11.2 Å². The number of methoxy groups -OCH3 is 3. The van der Waals surface area contributed by atoms with E-state index in [4.69, 9.17) is 14.2 Å². The largest absolute Gasteiger partial charge is 0.493 e. The van der Waals surface area contributed by atoms with Gasteiger partial charge >= 0.3 is 0 Å². The third kappa shape index (κ3) is 4.57. The van der Waals surface area contributed by atoms with Crippen LogP contribution in [0, 0.1) is 23.2 Å². The molecule has 3 fully saturated rings. The van der Waals surface area contributed by atoms with Crippen LogP contribution in [0.25, 0.3) is 11.1 Å². The summed E-state index contributed by atoms with van der Waals surface area (Å²) < 4.78 is 17.2. The van der Waals surface area contributed by atoms with Gasteiger partial charge in [0.05, 0.1) is 32.3 Å². The molecule has 38 heavy (non-hydrogen) atoms. The van der Waals surface area contributed by atoms with Crippen molar-refractivity contribution >= 4 is 17.7 Å². The molecule has 0 radical (unpaired) electrons. The number of rotatable bonds is 7. The lowest BCUT2D eigenvalue weighted by atomic mass is 9.46. The molecular weight excluding hydrogens is 498 g/mol. The molecular formula is C31H39NO5S. The normalized spacial score (nSPS) is 24.7. The smallest absolute Gasteiger partial charge is 0.217 e. The highest BCUT2D eigenvalue weighted by molar-refractivity contribution is 7.99. The van der Waals surface area contributed by atoms with Gasteiger partial charge in [0.25, 0.3) is 0 Å². The second-order valence-corrected chi connectivity index (χ2v) is 12.6. The third-order valence-electron chi connectivity index (χ3n) is 9.33. The third-order valence-corrected chi connectivity index (χ3v) is 10.6. The molecule has 4 atom stereocenters. The van der Waals surface area contributed by atoms with Gasteiger partial charge in [-0.1, -0.05) is 19.9 Å². The zero-order valence-corrected chi connectivity index (χ0v) is 24.1. The SMILES string of the molecule is COc1cc2c(c(OC)c1OC)-c1ccc(SC[C@H]3CC[C@@H]4C[C@@H]3C4(C)C)c(=O)cc1[C@@H](NC(C)=O)CC2. The van der Waals surface area contributed by atoms with Crippen LogP contribution in [-0.4, -0.2) is 33.0 Å². The summed E-state index contributed by atoms with van der Waals surface area (Å²) in [6.07, 6.45) is 5.23. The van der Waals surface area contributed by atoms with Crippen LogP contribution < -0.4 is 25.0 Å². The minimum absolute atomic E-state index is 0.00366. The fourth-order valence-corrected chi connectivity index (χ4v) is 8.33. The number of amides is 1. The Kier molecular flexibility index (Phi) is 7.42. The number of hydrogen-bond acceptors (Lipinski definition) is 6. The Bertz CT molecular complexity index is 1300. The zero-order valence-electron chi connectivity index (χ0n) is 23.3. The summed E-state index contributed by atoms with van der Waals surface area (Å²) in [5.74, 6) is 4.78. The topological polar surface area (TPSA) is 73.9 Å². The van der Waals surface area contributed by atoms with Gasteiger partial charge in [-0.3, -0.25) is 9.59 Å². The van der Waals surface area contributed by atoms with E-state index in [1.807, 2.05) is 18.2 Å². The van der Waals surface area contributed by atoms with E-state index in [1.54, 1.807) is 39.2 Å². The number of fused-ring (bicyclic) bond motifs is 5. The Morgan fingerprint density at radius 1 is 1.05 bits per heavy atom. The van der Waals surface area contributed by atoms with E-state index in [9.17, 15) is 9.59 Å². The fraction of sp³-hybridized carbons (Fsp3) is 0.548. The molecule has 0 heterocycles. The predicted octanol–water partition coefficient (Wildman–Crippen LogP) is 6.03. The van der Waals surface area contributed by atoms with Gasteiger partial charge in [0.1, 0.15) is 0 Å². The summed E-state index contributed by atoms with van der Waals surface area (Å²) in [6, 6.07) is 7.40. The van der Waals surface area contributed by atoms with Gasteiger partial charge in [-0.05, 0) is 90.2 Å². The molecule has 204 valence electrons. The average molecular weight is 538 g/mol. The van der Waals surface area contributed by atoms with Gasteiger partial charge in [0.2, 0.25) is 11.7 Å². The number of nitrogens with one attached hydrogen (secondary N) is 1. The van der Waals surface area contributed by atoms with Crippen LogP contribution in [0.15, 0.2) is 34.0 Å². The molecule has 0 saturated heterocycles. The van der Waals surface area contributed by atoms with Crippen molar-refractivity contribution in [2.45, 2.75) is 63.8 Å². The van der Waals surface area contributed by atoms with Crippen molar-refractivity contribution in [3.05, 3.63) is 45.6 Å². The van der Waals surface area contributed by atoms with Crippen LogP contribution in [0.4, 0.5) is 0 Å². The van der Waals surface area contributed by atoms with E-state index >= 15 is 0 Å². The van der Waals surface area contributed by atoms with Crippen LogP contribution >= 0.6 is 11.8 Å². The van der Waals surface area contributed by atoms with Gasteiger partial charge in [-0.15, -0.1) is 11.8 Å². The quantitative estimate of drug-likeness (QED) is 0.435. The van der Waals surface area contributed by atoms with Gasteiger partial charge in [-0.25, -0.2) is 0 Å². The number of benzene rings is 1. The van der Waals surface area contributed by atoms with Crippen molar-refractivity contribution in [2.24, 2.45) is 23.2 Å². The molecule has 7 heteroatoms. The second kappa shape index (κ2) is 10.5. The molecule has 2 aromatic rings. The van der Waals surface area contributed by atoms with E-state index in [2.05, 4.69) is 19.2 Å². The lowest BCUT2D eigenvalue weighted by Gasteiger charge is -2.60. The molecule has 0 unspecified atom stereocenters. The summed E-state index contributed by atoms with van der Waals surface area (Å²) in [7, 11) is 4.82. The van der Waals surface area contributed by atoms with Gasteiger partial charge < -0.3 is 19.5 Å². The van der Waals surface area contributed by atoms with Crippen molar-refractivity contribution in [2.75, 3.05) is 27.1 Å². The Hall–Kier alpha value is -2.67. The van der Waals surface area contributed by atoms with Crippen LogP contribution in [0.2, 0.25) is 0 Å². The molecule has 4 aliphatic carbocycles. The molecule has 0 spiro atoms. The molecule has 4 aliphatic rings. The maximum atomic E-state index is 13.6. The van der Waals surface area contributed by atoms with Gasteiger partial charge in [0.15, 0.2) is 16.9 Å². The summed E-state index contributed by atoms with van der Waals surface area (Å²) in [5, 5.41) is 3.08. The van der Waals surface area contributed by atoms with E-state index in [-0.39, 0.29) is 17.4 Å². The molecule has 3 saturated carbocycles. The summed E-state index contributed by atoms with van der Waals surface area (Å²) in [6.45, 7) is 6.35. The highest BCUT2D eigenvalue weighted by atomic mass is 32.2. The van der Waals surface area contributed by atoms with Crippen molar-refractivity contribution in [1.82, 2.24) is 5.32 Å². The maximum Gasteiger partial charge on any atom is 0.217 e. The molecule has 2 bridgehead atoms. The van der Waals surface area contributed by atoms with Gasteiger partial charge in [0, 0.05) is 18.2 Å². The molecule has 6 rings (SSSR count). The number of carbonyl (C=O) groups is 1. The number of carbonyl (C=O) groups excluding carboxylic acids is 1. The second-order valence-electron chi connectivity index (χ2n) is 11.6. The molecule has 0 aliphatic heterocycles. The predicted molar refractivity (Wildman–Crippen MR) is 152 cm³/mol. The Labute approximate surface area is 229 Å². The summed E-state index contributed by atoms with van der Waals surface area (Å²) in [5.41, 5.74) is 4.02. The molecule has 6 nitrogen and oxygen atoms in total. The Balaban J connectivity index is 1.59. The first kappa shape index (κ1) is 26.9. The number of thioether (sulfide) groups is 1. The van der Waals surface area contributed by atoms with E-state index in [1.165, 1.54) is 26.2 Å². The van der Waals surface area contributed by atoms with E-state index < -0.39 is 0 Å². The van der Waals surface area contributed by atoms with Crippen LogP contribution in [0.3, 0.4) is 0 Å². The number of aryl methyl sites for hydroxylation is 1. The van der Waals surface area contributed by atoms with Crippen molar-refractivity contribution in [3.63, 3.8) is 0 Å². The Morgan fingerprint density at radius 2 is 1.82 bits per heavy atom. The standard InChI is InChI=1S/C31H39NO5S/c1-17(33)32-24-11-8-18-13-26(35-4)29(36-5)30(37-6)28(18)21-10-12-27(25(34)15-22(21)24)38-16-19-7-9-20-14-23(19)31(20,2)3/h10,12-13,15,19-20,23-24H,7-9,11,14,16H2,1-6H3,(H,32,33)/t19-,20-,23+,24+/m1/s1. The van der Waals surface area contributed by atoms with Crippen molar-refractivity contribution < 1.29 is 19.0 Å². The minimum atomic E-state index is -0.291. The highest BCUT2D eigenvalue weighted by Crippen LogP contribution is 2.62. The molecule has 1 amide bonds. The highest BCUT2D eigenvalue weighted by Gasteiger charge is 2.53. The first-order chi connectivity index (χ1) is 18.2. The fourth-order valence-electron chi connectivity index (χ4n) is 7.17. The van der Waals surface area contributed by atoms with Crippen molar-refractivity contribution in [1.29, 1.82) is 0 Å². The summed E-state index contributed by atoms with van der Waals surface area (Å²) in [4.78, 5) is 26.5. The maximum absolute atomic E-state index is 13.6. The van der Waals surface area contributed by atoms with Crippen LogP contribution in [0.1, 0.15) is 63.6 Å². The number of hydrogen-bond donors (Lipinski definition) is 1. The van der Waals surface area contributed by atoms with E-state index in [0.717, 1.165) is 44.7 Å². The molecule has 2 aromatic carbocycles. The Morgan fingerprint density at radius 3 is 2.45 bits per heavy atom. The molecule has 1 N–H and O–H groups in total. The monoisotopic (exact) mass is 537 g/mol. The lowest BCUT2D eigenvalue weighted by molar-refractivity contribution is -0.119.